The molecule has 1 saturated carbocycles. The molecule has 1 aromatic carbocycles. The van der Waals surface area contributed by atoms with E-state index < -0.39 is 23.2 Å². The molecule has 0 radical (unpaired) electrons. The Hall–Kier alpha value is -1.25. The van der Waals surface area contributed by atoms with Crippen LogP contribution in [0.4, 0.5) is 30.4 Å². The highest BCUT2D eigenvalue weighted by Crippen LogP contribution is 2.57. The monoisotopic (exact) mass is 372 g/mol. The second kappa shape index (κ2) is 6.57. The average molecular weight is 372 g/mol. The van der Waals surface area contributed by atoms with Crippen molar-refractivity contribution in [2.45, 2.75) is 44.0 Å². The van der Waals surface area contributed by atoms with Gasteiger partial charge < -0.3 is 17.3 Å². The van der Waals surface area contributed by atoms with Gasteiger partial charge in [0.1, 0.15) is 0 Å². The summed E-state index contributed by atoms with van der Waals surface area (Å²) in [7, 11) is -7.69. The lowest BCUT2D eigenvalue weighted by Crippen LogP contribution is -2.02. The molecule has 24 heavy (non-hydrogen) atoms. The Balaban J connectivity index is 0.000000368. The minimum absolute atomic E-state index is 0.167. The summed E-state index contributed by atoms with van der Waals surface area (Å²) in [5.41, 5.74) is -3.15. The van der Waals surface area contributed by atoms with Crippen molar-refractivity contribution in [3.8, 4) is 0 Å². The van der Waals surface area contributed by atoms with Crippen molar-refractivity contribution < 1.29 is 30.4 Å². The number of halogens is 7. The Morgan fingerprint density at radius 2 is 1.58 bits per heavy atom. The van der Waals surface area contributed by atoms with Crippen LogP contribution >= 0.6 is 10.5 Å². The van der Waals surface area contributed by atoms with Crippen LogP contribution in [0.1, 0.15) is 49.0 Å². The molecule has 0 amide bonds. The fourth-order valence-corrected chi connectivity index (χ4v) is 4.66. The summed E-state index contributed by atoms with van der Waals surface area (Å²) in [6.45, 7) is 4.02. The van der Waals surface area contributed by atoms with Crippen molar-refractivity contribution in [1.29, 1.82) is 0 Å². The van der Waals surface area contributed by atoms with Crippen molar-refractivity contribution in [3.05, 3.63) is 34.7 Å². The summed E-state index contributed by atoms with van der Waals surface area (Å²) in [4.78, 5) is 0.614. The summed E-state index contributed by atoms with van der Waals surface area (Å²) in [6, 6.07) is 7.36. The SMILES string of the molecule is CC(C)c1ccc2cc(C3CC3)[s+](C(F)(F)F)c2c1.F[B-](F)(F)F. The Morgan fingerprint density at radius 3 is 2.00 bits per heavy atom. The number of alkyl halides is 3. The molecule has 0 bridgehead atoms. The molecule has 0 spiro atoms. The van der Waals surface area contributed by atoms with E-state index in [0.29, 0.717) is 9.58 Å². The summed E-state index contributed by atoms with van der Waals surface area (Å²) >= 11 is 0. The van der Waals surface area contributed by atoms with Crippen molar-refractivity contribution in [1.82, 2.24) is 0 Å². The van der Waals surface area contributed by atoms with Gasteiger partial charge in [0.05, 0.1) is 10.5 Å². The topological polar surface area (TPSA) is 0 Å². The highest BCUT2D eigenvalue weighted by molar-refractivity contribution is 7.38. The summed E-state index contributed by atoms with van der Waals surface area (Å²) in [5.74, 6) is 0.425. The highest BCUT2D eigenvalue weighted by atomic mass is 32.2. The molecule has 0 nitrogen and oxygen atoms in total. The summed E-state index contributed by atoms with van der Waals surface area (Å²) in [5, 5.41) is 0.770. The number of rotatable bonds is 2. The molecule has 1 heterocycles. The van der Waals surface area contributed by atoms with Gasteiger partial charge in [-0.05, 0) is 30.4 Å². The lowest BCUT2D eigenvalue weighted by Gasteiger charge is -2.04. The minimum Gasteiger partial charge on any atom is -0.418 e. The molecule has 1 fully saturated rings. The molecule has 9 heteroatoms. The van der Waals surface area contributed by atoms with E-state index in [9.17, 15) is 30.4 Å². The largest absolute Gasteiger partial charge is 0.673 e. The molecule has 2 aromatic rings. The first-order chi connectivity index (χ1) is 10.9. The second-order valence-corrected chi connectivity index (χ2v) is 8.01. The van der Waals surface area contributed by atoms with Gasteiger partial charge in [-0.2, -0.15) is 0 Å². The highest BCUT2D eigenvalue weighted by Gasteiger charge is 2.51. The van der Waals surface area contributed by atoms with Crippen molar-refractivity contribution >= 4 is 27.8 Å². The Bertz CT molecular complexity index is 705. The molecule has 134 valence electrons. The van der Waals surface area contributed by atoms with Gasteiger partial charge in [-0.1, -0.05) is 19.9 Å². The third kappa shape index (κ3) is 4.88. The van der Waals surface area contributed by atoms with Crippen molar-refractivity contribution in [2.24, 2.45) is 0 Å². The van der Waals surface area contributed by atoms with Gasteiger partial charge in [-0.3, -0.25) is 0 Å². The summed E-state index contributed by atoms with van der Waals surface area (Å²) in [6.07, 6.45) is 1.83. The average Bonchev–Trinajstić information content (AvgIpc) is 3.14. The zero-order chi connectivity index (χ0) is 18.3. The van der Waals surface area contributed by atoms with E-state index in [0.717, 1.165) is 23.8 Å². The molecule has 1 unspecified atom stereocenters. The van der Waals surface area contributed by atoms with Crippen LogP contribution in [0.3, 0.4) is 0 Å². The van der Waals surface area contributed by atoms with Gasteiger partial charge in [0.25, 0.3) is 0 Å². The zero-order valence-corrected chi connectivity index (χ0v) is 13.8. The number of hydrogen-bond donors (Lipinski definition) is 0. The van der Waals surface area contributed by atoms with Crippen LogP contribution in [-0.2, 0) is 5.51 Å². The maximum atomic E-state index is 13.4. The number of thiophene rings is 1. The first-order valence-electron chi connectivity index (χ1n) is 7.42. The molecule has 0 aliphatic heterocycles. The molecule has 0 saturated heterocycles. The van der Waals surface area contributed by atoms with E-state index in [1.165, 1.54) is 0 Å². The fraction of sp³-hybridized carbons (Fsp3) is 0.467. The molecule has 0 N–H and O–H groups in total. The maximum absolute atomic E-state index is 13.4. The third-order valence-corrected chi connectivity index (χ3v) is 5.85. The maximum Gasteiger partial charge on any atom is 0.673 e. The van der Waals surface area contributed by atoms with Crippen LogP contribution in [0.15, 0.2) is 24.3 Å². The molecular formula is C15H16BF7S. The zero-order valence-electron chi connectivity index (χ0n) is 13.0. The molecule has 3 rings (SSSR count). The summed E-state index contributed by atoms with van der Waals surface area (Å²) < 4.78 is 79.6. The van der Waals surface area contributed by atoms with Gasteiger partial charge >= 0.3 is 12.8 Å². The third-order valence-electron chi connectivity index (χ3n) is 3.67. The first kappa shape index (κ1) is 19.1. The van der Waals surface area contributed by atoms with E-state index in [4.69, 9.17) is 0 Å². The van der Waals surface area contributed by atoms with Crippen LogP contribution in [0.2, 0.25) is 0 Å². The van der Waals surface area contributed by atoms with Gasteiger partial charge in [-0.25, -0.2) is 0 Å². The van der Waals surface area contributed by atoms with Crippen LogP contribution in [0.25, 0.3) is 10.1 Å². The number of benzene rings is 1. The predicted molar refractivity (Wildman–Crippen MR) is 84.0 cm³/mol. The van der Waals surface area contributed by atoms with Crippen LogP contribution in [0, 0.1) is 0 Å². The Labute approximate surface area is 137 Å². The smallest absolute Gasteiger partial charge is 0.418 e. The van der Waals surface area contributed by atoms with E-state index in [1.807, 2.05) is 26.0 Å². The van der Waals surface area contributed by atoms with E-state index >= 15 is 0 Å². The van der Waals surface area contributed by atoms with Gasteiger partial charge in [0.2, 0.25) is 0 Å². The number of fused-ring (bicyclic) bond motifs is 1. The fourth-order valence-electron chi connectivity index (χ4n) is 2.46. The molecular weight excluding hydrogens is 356 g/mol. The van der Waals surface area contributed by atoms with Gasteiger partial charge in [0, 0.05) is 23.4 Å². The van der Waals surface area contributed by atoms with E-state index in [1.54, 1.807) is 12.1 Å². The molecule has 1 aliphatic rings. The van der Waals surface area contributed by atoms with Gasteiger partial charge in [-0.15, -0.1) is 13.2 Å². The minimum atomic E-state index is -6.00. The molecule has 1 aliphatic carbocycles. The van der Waals surface area contributed by atoms with Crippen LogP contribution < -0.4 is 0 Å². The van der Waals surface area contributed by atoms with E-state index in [-0.39, 0.29) is 11.8 Å². The van der Waals surface area contributed by atoms with Crippen LogP contribution in [-0.4, -0.2) is 7.25 Å². The first-order valence-corrected chi connectivity index (χ1v) is 8.64. The van der Waals surface area contributed by atoms with Crippen molar-refractivity contribution in [3.63, 3.8) is 0 Å². The Morgan fingerprint density at radius 1 is 1.04 bits per heavy atom. The Kier molecular flexibility index (Phi) is 5.23. The van der Waals surface area contributed by atoms with E-state index in [2.05, 4.69) is 0 Å². The molecule has 1 aromatic heterocycles. The lowest BCUT2D eigenvalue weighted by molar-refractivity contribution is -0.0867. The normalized spacial score (nSPS) is 16.3. The predicted octanol–water partition coefficient (Wildman–Crippen LogP) is 7.37. The van der Waals surface area contributed by atoms with Crippen LogP contribution in [0.5, 0.6) is 0 Å². The second-order valence-electron chi connectivity index (χ2n) is 6.02. The standard InChI is InChI=1S/C15H16F3S.BF4/c1-9(2)11-5-6-12-8-13(10-3-4-10)19(14(12)7-11)15(16,17)18;2-1(3,4)5/h5-10H,3-4H2,1-2H3;/q+1;-1. The van der Waals surface area contributed by atoms with Gasteiger partial charge in [0.15, 0.2) is 9.58 Å². The molecule has 1 atom stereocenters. The van der Waals surface area contributed by atoms with Crippen molar-refractivity contribution in [2.75, 3.05) is 0 Å². The lowest BCUT2D eigenvalue weighted by atomic mass is 10.0. The number of hydrogen-bond acceptors (Lipinski definition) is 0. The quantitative estimate of drug-likeness (QED) is 0.293.